The van der Waals surface area contributed by atoms with Gasteiger partial charge in [-0.1, -0.05) is 30.3 Å². The van der Waals surface area contributed by atoms with Crippen LogP contribution in [0.3, 0.4) is 0 Å². The second kappa shape index (κ2) is 6.06. The molecule has 1 heterocycles. The van der Waals surface area contributed by atoms with Gasteiger partial charge in [-0.2, -0.15) is 5.10 Å². The second-order valence-electron chi connectivity index (χ2n) is 4.87. The van der Waals surface area contributed by atoms with Gasteiger partial charge in [0, 0.05) is 11.7 Å². The van der Waals surface area contributed by atoms with E-state index in [1.165, 1.54) is 27.8 Å². The van der Waals surface area contributed by atoms with E-state index in [4.69, 9.17) is 0 Å². The maximum atomic E-state index is 12.8. The van der Waals surface area contributed by atoms with Crippen molar-refractivity contribution in [3.8, 4) is 0 Å². The van der Waals surface area contributed by atoms with Crippen molar-refractivity contribution in [2.75, 3.05) is 7.05 Å². The molecule has 1 aromatic heterocycles. The second-order valence-corrected chi connectivity index (χ2v) is 5.78. The third-order valence-electron chi connectivity index (χ3n) is 3.23. The molecule has 106 valence electrons. The first-order valence-corrected chi connectivity index (χ1v) is 7.56. The van der Waals surface area contributed by atoms with E-state index in [0.717, 1.165) is 12.1 Å². The minimum Gasteiger partial charge on any atom is -0.296 e. The molecule has 2 aromatic carbocycles. The molecule has 21 heavy (non-hydrogen) atoms. The van der Waals surface area contributed by atoms with Gasteiger partial charge in [-0.05, 0) is 40.1 Å². The third-order valence-corrected chi connectivity index (χ3v) is 4.24. The molecule has 0 spiro atoms. The van der Waals surface area contributed by atoms with Gasteiger partial charge in [0.25, 0.3) is 0 Å². The summed E-state index contributed by atoms with van der Waals surface area (Å²) < 4.78 is 14.1. The number of nitrogens with zero attached hydrogens (tertiary/aromatic N) is 2. The van der Waals surface area contributed by atoms with Gasteiger partial charge in [0.1, 0.15) is 5.82 Å². The first-order chi connectivity index (χ1) is 10.2. The Morgan fingerprint density at radius 3 is 2.76 bits per heavy atom. The summed E-state index contributed by atoms with van der Waals surface area (Å²) in [6.45, 7) is 0.746. The molecule has 0 fully saturated rings. The highest BCUT2D eigenvalue weighted by Crippen LogP contribution is 2.25. The fourth-order valence-electron chi connectivity index (χ4n) is 2.18. The summed E-state index contributed by atoms with van der Waals surface area (Å²) in [6, 6.07) is 14.8. The zero-order chi connectivity index (χ0) is 14.7. The highest BCUT2D eigenvalue weighted by molar-refractivity contribution is 7.17. The molecule has 3 aromatic rings. The van der Waals surface area contributed by atoms with Crippen molar-refractivity contribution in [3.63, 3.8) is 0 Å². The molecule has 0 bridgehead atoms. The average Bonchev–Trinajstić information content (AvgIpc) is 2.96. The normalized spacial score (nSPS) is 11.3. The molecule has 0 saturated carbocycles. The molecule has 0 saturated heterocycles. The molecule has 0 aliphatic rings. The summed E-state index contributed by atoms with van der Waals surface area (Å²) in [7, 11) is 1.94. The summed E-state index contributed by atoms with van der Waals surface area (Å²) in [5, 5.41) is 9.67. The standard InChI is InChI=1S/C17H15FN2S/c1-20(19-11-13-5-7-16(18)8-6-13)12-15-4-2-3-14-9-10-21-17(14)15/h2-11H,12H2,1H3/b19-11+. The molecule has 0 aliphatic carbocycles. The summed E-state index contributed by atoms with van der Waals surface area (Å²) in [6.07, 6.45) is 1.74. The lowest BCUT2D eigenvalue weighted by molar-refractivity contribution is 0.350. The van der Waals surface area contributed by atoms with E-state index in [-0.39, 0.29) is 5.82 Å². The van der Waals surface area contributed by atoms with Crippen LogP contribution in [0.2, 0.25) is 0 Å². The van der Waals surface area contributed by atoms with Crippen molar-refractivity contribution in [2.24, 2.45) is 5.10 Å². The molecule has 4 heteroatoms. The zero-order valence-corrected chi connectivity index (χ0v) is 12.5. The summed E-state index contributed by atoms with van der Waals surface area (Å²) in [5.41, 5.74) is 2.15. The number of thiophene rings is 1. The molecule has 0 amide bonds. The first-order valence-electron chi connectivity index (χ1n) is 6.68. The Morgan fingerprint density at radius 1 is 1.14 bits per heavy atom. The first kappa shape index (κ1) is 13.8. The minimum atomic E-state index is -0.232. The van der Waals surface area contributed by atoms with Gasteiger partial charge in [0.05, 0.1) is 12.8 Å². The Kier molecular flexibility index (Phi) is 3.97. The topological polar surface area (TPSA) is 15.6 Å². The molecule has 0 unspecified atom stereocenters. The Balaban J connectivity index is 1.73. The van der Waals surface area contributed by atoms with Crippen molar-refractivity contribution >= 4 is 27.6 Å². The van der Waals surface area contributed by atoms with Crippen LogP contribution >= 0.6 is 11.3 Å². The predicted octanol–water partition coefficient (Wildman–Crippen LogP) is 4.51. The average molecular weight is 298 g/mol. The van der Waals surface area contributed by atoms with Gasteiger partial charge < -0.3 is 0 Å². The van der Waals surface area contributed by atoms with E-state index in [9.17, 15) is 4.39 Å². The van der Waals surface area contributed by atoms with Crippen LogP contribution in [0.1, 0.15) is 11.1 Å². The molecule has 0 radical (unpaired) electrons. The van der Waals surface area contributed by atoms with E-state index in [2.05, 4.69) is 34.7 Å². The van der Waals surface area contributed by atoms with Crippen LogP contribution in [0.25, 0.3) is 10.1 Å². The zero-order valence-electron chi connectivity index (χ0n) is 11.7. The number of hydrazone groups is 1. The number of halogens is 1. The Labute approximate surface area is 127 Å². The van der Waals surface area contributed by atoms with Crippen molar-refractivity contribution < 1.29 is 4.39 Å². The van der Waals surface area contributed by atoms with Gasteiger partial charge >= 0.3 is 0 Å². The molecule has 0 N–H and O–H groups in total. The van der Waals surface area contributed by atoms with E-state index in [1.54, 1.807) is 29.7 Å². The molecule has 2 nitrogen and oxygen atoms in total. The molecular weight excluding hydrogens is 283 g/mol. The van der Waals surface area contributed by atoms with Crippen LogP contribution in [-0.2, 0) is 6.54 Å². The van der Waals surface area contributed by atoms with Crippen LogP contribution in [0.4, 0.5) is 4.39 Å². The van der Waals surface area contributed by atoms with Gasteiger partial charge in [-0.25, -0.2) is 4.39 Å². The Bertz CT molecular complexity index is 762. The molecule has 0 atom stereocenters. The highest BCUT2D eigenvalue weighted by atomic mass is 32.1. The smallest absolute Gasteiger partial charge is 0.123 e. The lowest BCUT2D eigenvalue weighted by atomic mass is 10.1. The molecular formula is C17H15FN2S. The maximum Gasteiger partial charge on any atom is 0.123 e. The predicted molar refractivity (Wildman–Crippen MR) is 87.3 cm³/mol. The van der Waals surface area contributed by atoms with Crippen LogP contribution < -0.4 is 0 Å². The number of benzene rings is 2. The SMILES string of the molecule is CN(Cc1cccc2ccsc12)/N=C/c1ccc(F)cc1. The van der Waals surface area contributed by atoms with Gasteiger partial charge in [0.15, 0.2) is 0 Å². The lowest BCUT2D eigenvalue weighted by Gasteiger charge is -2.13. The number of rotatable bonds is 4. The maximum absolute atomic E-state index is 12.8. The monoisotopic (exact) mass is 298 g/mol. The van der Waals surface area contributed by atoms with Gasteiger partial charge in [0.2, 0.25) is 0 Å². The number of hydrogen-bond acceptors (Lipinski definition) is 3. The Hall–Kier alpha value is -2.20. The molecule has 3 rings (SSSR count). The van der Waals surface area contributed by atoms with E-state index >= 15 is 0 Å². The third kappa shape index (κ3) is 3.28. The van der Waals surface area contributed by atoms with Crippen LogP contribution in [0, 0.1) is 5.82 Å². The van der Waals surface area contributed by atoms with Crippen LogP contribution in [0.5, 0.6) is 0 Å². The summed E-state index contributed by atoms with van der Waals surface area (Å²) in [5.74, 6) is -0.232. The van der Waals surface area contributed by atoms with Crippen molar-refractivity contribution in [1.82, 2.24) is 5.01 Å². The fraction of sp³-hybridized carbons (Fsp3) is 0.118. The van der Waals surface area contributed by atoms with Crippen molar-refractivity contribution in [1.29, 1.82) is 0 Å². The highest BCUT2D eigenvalue weighted by Gasteiger charge is 2.03. The van der Waals surface area contributed by atoms with Crippen molar-refractivity contribution in [3.05, 3.63) is 70.9 Å². The van der Waals surface area contributed by atoms with Gasteiger partial charge in [-0.15, -0.1) is 11.3 Å². The minimum absolute atomic E-state index is 0.232. The quantitative estimate of drug-likeness (QED) is 0.511. The fourth-order valence-corrected chi connectivity index (χ4v) is 3.09. The van der Waals surface area contributed by atoms with Crippen molar-refractivity contribution in [2.45, 2.75) is 6.54 Å². The largest absolute Gasteiger partial charge is 0.296 e. The van der Waals surface area contributed by atoms with Crippen LogP contribution in [0.15, 0.2) is 59.0 Å². The molecule has 0 aliphatic heterocycles. The lowest BCUT2D eigenvalue weighted by Crippen LogP contribution is -2.10. The number of hydrogen-bond donors (Lipinski definition) is 0. The van der Waals surface area contributed by atoms with E-state index in [1.807, 2.05) is 12.1 Å². The summed E-state index contributed by atoms with van der Waals surface area (Å²) in [4.78, 5) is 0. The Morgan fingerprint density at radius 2 is 1.95 bits per heavy atom. The number of fused-ring (bicyclic) bond motifs is 1. The summed E-state index contributed by atoms with van der Waals surface area (Å²) >= 11 is 1.75. The van der Waals surface area contributed by atoms with E-state index < -0.39 is 0 Å². The van der Waals surface area contributed by atoms with Gasteiger partial charge in [-0.3, -0.25) is 5.01 Å². The van der Waals surface area contributed by atoms with Crippen LogP contribution in [-0.4, -0.2) is 18.3 Å². The van der Waals surface area contributed by atoms with E-state index in [0.29, 0.717) is 0 Å².